The van der Waals surface area contributed by atoms with E-state index in [0.29, 0.717) is 24.7 Å². The van der Waals surface area contributed by atoms with Crippen molar-refractivity contribution in [3.8, 4) is 17.2 Å². The maximum atomic E-state index is 5.55. The SMILES string of the molecule is CCc1cc(OC)c(-c2nc(CCOC)no2)cc1C(C)(C)C. The van der Waals surface area contributed by atoms with Gasteiger partial charge in [-0.25, -0.2) is 0 Å². The number of nitrogens with zero attached hydrogens (tertiary/aromatic N) is 2. The van der Waals surface area contributed by atoms with Crippen molar-refractivity contribution >= 4 is 0 Å². The van der Waals surface area contributed by atoms with Crippen LogP contribution in [0.25, 0.3) is 11.5 Å². The number of methoxy groups -OCH3 is 2. The topological polar surface area (TPSA) is 57.4 Å². The molecule has 0 amide bonds. The van der Waals surface area contributed by atoms with Crippen molar-refractivity contribution < 1.29 is 14.0 Å². The van der Waals surface area contributed by atoms with Crippen LogP contribution in [0.2, 0.25) is 0 Å². The van der Waals surface area contributed by atoms with Crippen LogP contribution in [0.4, 0.5) is 0 Å². The van der Waals surface area contributed by atoms with Crippen LogP contribution in [-0.4, -0.2) is 31.0 Å². The fourth-order valence-electron chi connectivity index (χ4n) is 2.61. The minimum atomic E-state index is 0.0330. The fourth-order valence-corrected chi connectivity index (χ4v) is 2.61. The molecule has 0 aliphatic heterocycles. The van der Waals surface area contributed by atoms with Crippen LogP contribution < -0.4 is 4.74 Å². The van der Waals surface area contributed by atoms with Gasteiger partial charge < -0.3 is 14.0 Å². The first-order valence-corrected chi connectivity index (χ1v) is 7.94. The second-order valence-electron chi connectivity index (χ2n) is 6.57. The predicted octanol–water partition coefficient (Wildman–Crippen LogP) is 3.79. The van der Waals surface area contributed by atoms with E-state index in [9.17, 15) is 0 Å². The molecule has 126 valence electrons. The van der Waals surface area contributed by atoms with E-state index in [0.717, 1.165) is 17.7 Å². The van der Waals surface area contributed by atoms with Crippen LogP contribution in [0.1, 0.15) is 44.6 Å². The normalized spacial score (nSPS) is 11.7. The maximum absolute atomic E-state index is 5.55. The van der Waals surface area contributed by atoms with Crippen molar-refractivity contribution in [2.45, 2.75) is 46.0 Å². The summed E-state index contributed by atoms with van der Waals surface area (Å²) in [6, 6.07) is 4.19. The maximum Gasteiger partial charge on any atom is 0.261 e. The van der Waals surface area contributed by atoms with Gasteiger partial charge in [0, 0.05) is 13.5 Å². The van der Waals surface area contributed by atoms with Crippen LogP contribution in [-0.2, 0) is 23.0 Å². The lowest BCUT2D eigenvalue weighted by Gasteiger charge is -2.24. The van der Waals surface area contributed by atoms with Crippen molar-refractivity contribution in [1.29, 1.82) is 0 Å². The van der Waals surface area contributed by atoms with Gasteiger partial charge in [0.05, 0.1) is 19.3 Å². The largest absolute Gasteiger partial charge is 0.496 e. The molecular weight excluding hydrogens is 292 g/mol. The lowest BCUT2D eigenvalue weighted by atomic mass is 9.82. The Kier molecular flexibility index (Phi) is 5.42. The van der Waals surface area contributed by atoms with Gasteiger partial charge in [0.1, 0.15) is 5.75 Å². The summed E-state index contributed by atoms with van der Waals surface area (Å²) < 4.78 is 16.0. The highest BCUT2D eigenvalue weighted by Crippen LogP contribution is 2.37. The molecule has 0 spiro atoms. The molecule has 0 aliphatic rings. The summed E-state index contributed by atoms with van der Waals surface area (Å²) in [6.45, 7) is 9.33. The first-order valence-electron chi connectivity index (χ1n) is 7.94. The zero-order valence-corrected chi connectivity index (χ0v) is 14.9. The van der Waals surface area contributed by atoms with Gasteiger partial charge in [-0.05, 0) is 35.1 Å². The molecule has 5 nitrogen and oxygen atoms in total. The van der Waals surface area contributed by atoms with E-state index in [1.165, 1.54) is 11.1 Å². The zero-order chi connectivity index (χ0) is 17.0. The van der Waals surface area contributed by atoms with Crippen molar-refractivity contribution in [1.82, 2.24) is 10.1 Å². The first-order chi connectivity index (χ1) is 10.9. The molecule has 1 heterocycles. The van der Waals surface area contributed by atoms with Gasteiger partial charge in [-0.1, -0.05) is 32.9 Å². The molecule has 23 heavy (non-hydrogen) atoms. The highest BCUT2D eigenvalue weighted by molar-refractivity contribution is 5.66. The third-order valence-corrected chi connectivity index (χ3v) is 3.84. The van der Waals surface area contributed by atoms with E-state index >= 15 is 0 Å². The summed E-state index contributed by atoms with van der Waals surface area (Å²) in [5.74, 6) is 1.89. The van der Waals surface area contributed by atoms with Gasteiger partial charge in [0.25, 0.3) is 5.89 Å². The van der Waals surface area contributed by atoms with Crippen molar-refractivity contribution in [2.24, 2.45) is 0 Å². The van der Waals surface area contributed by atoms with Crippen LogP contribution >= 0.6 is 0 Å². The highest BCUT2D eigenvalue weighted by atomic mass is 16.5. The van der Waals surface area contributed by atoms with Gasteiger partial charge in [-0.3, -0.25) is 0 Å². The Bertz CT molecular complexity index is 657. The van der Waals surface area contributed by atoms with Gasteiger partial charge >= 0.3 is 0 Å². The molecule has 0 radical (unpaired) electrons. The number of benzene rings is 1. The highest BCUT2D eigenvalue weighted by Gasteiger charge is 2.23. The molecular formula is C18H26N2O3. The minimum Gasteiger partial charge on any atom is -0.496 e. The fraction of sp³-hybridized carbons (Fsp3) is 0.556. The monoisotopic (exact) mass is 318 g/mol. The number of aryl methyl sites for hydroxylation is 1. The third kappa shape index (κ3) is 3.91. The van der Waals surface area contributed by atoms with Crippen molar-refractivity contribution in [3.63, 3.8) is 0 Å². The van der Waals surface area contributed by atoms with E-state index in [4.69, 9.17) is 14.0 Å². The summed E-state index contributed by atoms with van der Waals surface area (Å²) in [7, 11) is 3.32. The minimum absolute atomic E-state index is 0.0330. The molecule has 1 aromatic heterocycles. The summed E-state index contributed by atoms with van der Waals surface area (Å²) in [5.41, 5.74) is 3.42. The smallest absolute Gasteiger partial charge is 0.261 e. The average Bonchev–Trinajstić information content (AvgIpc) is 2.99. The number of ether oxygens (including phenoxy) is 2. The molecule has 0 N–H and O–H groups in total. The molecule has 0 aliphatic carbocycles. The van der Waals surface area contributed by atoms with Crippen LogP contribution in [0.5, 0.6) is 5.75 Å². The van der Waals surface area contributed by atoms with Crippen LogP contribution in [0.3, 0.4) is 0 Å². The molecule has 2 aromatic rings. The summed E-state index contributed by atoms with van der Waals surface area (Å²) in [6.07, 6.45) is 1.58. The Balaban J connectivity index is 2.50. The summed E-state index contributed by atoms with van der Waals surface area (Å²) in [5, 5.41) is 4.02. The van der Waals surface area contributed by atoms with Crippen LogP contribution in [0, 0.1) is 0 Å². The third-order valence-electron chi connectivity index (χ3n) is 3.84. The molecule has 0 saturated carbocycles. The Labute approximate surface area is 138 Å². The number of hydrogen-bond acceptors (Lipinski definition) is 5. The second-order valence-corrected chi connectivity index (χ2v) is 6.57. The summed E-state index contributed by atoms with van der Waals surface area (Å²) in [4.78, 5) is 4.47. The molecule has 0 fully saturated rings. The quantitative estimate of drug-likeness (QED) is 0.811. The predicted molar refractivity (Wildman–Crippen MR) is 89.9 cm³/mol. The average molecular weight is 318 g/mol. The molecule has 5 heteroatoms. The lowest BCUT2D eigenvalue weighted by molar-refractivity contribution is 0.199. The Morgan fingerprint density at radius 3 is 2.48 bits per heavy atom. The van der Waals surface area contributed by atoms with E-state index in [-0.39, 0.29) is 5.41 Å². The van der Waals surface area contributed by atoms with Gasteiger partial charge in [-0.15, -0.1) is 0 Å². The van der Waals surface area contributed by atoms with E-state index < -0.39 is 0 Å². The van der Waals surface area contributed by atoms with E-state index in [1.807, 2.05) is 0 Å². The molecule has 0 atom stereocenters. The Morgan fingerprint density at radius 1 is 1.17 bits per heavy atom. The van der Waals surface area contributed by atoms with Gasteiger partial charge in [0.15, 0.2) is 5.82 Å². The molecule has 0 unspecified atom stereocenters. The molecule has 0 saturated heterocycles. The molecule has 2 rings (SSSR count). The van der Waals surface area contributed by atoms with Crippen LogP contribution in [0.15, 0.2) is 16.7 Å². The van der Waals surface area contributed by atoms with Gasteiger partial charge in [0.2, 0.25) is 0 Å². The Morgan fingerprint density at radius 2 is 1.91 bits per heavy atom. The lowest BCUT2D eigenvalue weighted by Crippen LogP contribution is -2.14. The molecule has 0 bridgehead atoms. The first kappa shape index (κ1) is 17.5. The van der Waals surface area contributed by atoms with E-state index in [2.05, 4.69) is 50.0 Å². The number of rotatable bonds is 6. The Hall–Kier alpha value is -1.88. The number of aromatic nitrogens is 2. The standard InChI is InChI=1S/C18H26N2O3/c1-7-12-10-15(22-6)13(11-14(12)18(2,3)4)17-19-16(20-23-17)8-9-21-5/h10-11H,7-9H2,1-6H3. The summed E-state index contributed by atoms with van der Waals surface area (Å²) >= 11 is 0. The number of hydrogen-bond donors (Lipinski definition) is 0. The van der Waals surface area contributed by atoms with E-state index in [1.54, 1.807) is 14.2 Å². The van der Waals surface area contributed by atoms with Crippen molar-refractivity contribution in [3.05, 3.63) is 29.1 Å². The molecule has 1 aromatic carbocycles. The van der Waals surface area contributed by atoms with Gasteiger partial charge in [-0.2, -0.15) is 4.98 Å². The second kappa shape index (κ2) is 7.13. The zero-order valence-electron chi connectivity index (χ0n) is 14.9. The van der Waals surface area contributed by atoms with Crippen molar-refractivity contribution in [2.75, 3.05) is 20.8 Å².